The number of nitriles is 1. The molecule has 0 bridgehead atoms. The van der Waals surface area contributed by atoms with E-state index in [0.29, 0.717) is 5.56 Å². The zero-order valence-corrected chi connectivity index (χ0v) is 7.87. The Kier molecular flexibility index (Phi) is 2.72. The topological polar surface area (TPSA) is 23.8 Å². The van der Waals surface area contributed by atoms with Crippen molar-refractivity contribution >= 4 is 11.6 Å². The van der Waals surface area contributed by atoms with Crippen molar-refractivity contribution in [3.8, 4) is 6.07 Å². The number of rotatable bonds is 0. The predicted octanol–water partition coefficient (Wildman–Crippen LogP) is 3.54. The van der Waals surface area contributed by atoms with Crippen molar-refractivity contribution in [3.63, 3.8) is 0 Å². The Hall–Kier alpha value is -1.21. The Morgan fingerprint density at radius 3 is 2.36 bits per heavy atom. The molecule has 0 fully saturated rings. The van der Waals surface area contributed by atoms with Crippen molar-refractivity contribution in [1.29, 1.82) is 5.26 Å². The standard InChI is InChI=1S/C9H5ClF3N/c1-5-2-7(9(11,12)13)6(4-14)8(10)3-5/h2-3H,1H3. The van der Waals surface area contributed by atoms with Crippen LogP contribution in [0.3, 0.4) is 0 Å². The van der Waals surface area contributed by atoms with Crippen LogP contribution in [-0.2, 0) is 6.18 Å². The number of hydrogen-bond donors (Lipinski definition) is 0. The molecule has 0 atom stereocenters. The molecule has 0 aliphatic carbocycles. The first-order chi connectivity index (χ1) is 6.36. The van der Waals surface area contributed by atoms with Crippen LogP contribution in [0, 0.1) is 18.3 Å². The molecule has 0 spiro atoms. The highest BCUT2D eigenvalue weighted by Gasteiger charge is 2.34. The van der Waals surface area contributed by atoms with Gasteiger partial charge in [0.05, 0.1) is 16.1 Å². The van der Waals surface area contributed by atoms with E-state index in [1.165, 1.54) is 19.1 Å². The molecule has 14 heavy (non-hydrogen) atoms. The van der Waals surface area contributed by atoms with E-state index in [1.54, 1.807) is 0 Å². The fourth-order valence-corrected chi connectivity index (χ4v) is 1.40. The Morgan fingerprint density at radius 1 is 1.36 bits per heavy atom. The molecule has 1 rings (SSSR count). The number of nitrogens with zero attached hydrogens (tertiary/aromatic N) is 1. The number of benzene rings is 1. The fourth-order valence-electron chi connectivity index (χ4n) is 1.08. The van der Waals surface area contributed by atoms with Crippen LogP contribution in [0.5, 0.6) is 0 Å². The molecule has 1 aromatic rings. The second-order valence-corrected chi connectivity index (χ2v) is 3.19. The summed E-state index contributed by atoms with van der Waals surface area (Å²) in [5.41, 5.74) is -1.13. The van der Waals surface area contributed by atoms with E-state index in [4.69, 9.17) is 16.9 Å². The van der Waals surface area contributed by atoms with Gasteiger partial charge in [0.25, 0.3) is 0 Å². The van der Waals surface area contributed by atoms with Gasteiger partial charge in [-0.05, 0) is 24.6 Å². The molecule has 0 heterocycles. The van der Waals surface area contributed by atoms with E-state index in [0.717, 1.165) is 6.07 Å². The molecule has 1 aromatic carbocycles. The second-order valence-electron chi connectivity index (χ2n) is 2.78. The molecule has 0 aliphatic heterocycles. The molecule has 0 saturated carbocycles. The average Bonchev–Trinajstić information content (AvgIpc) is 2.01. The third kappa shape index (κ3) is 1.99. The smallest absolute Gasteiger partial charge is 0.192 e. The molecule has 74 valence electrons. The maximum Gasteiger partial charge on any atom is 0.417 e. The lowest BCUT2D eigenvalue weighted by Crippen LogP contribution is -2.08. The first kappa shape index (κ1) is 10.9. The van der Waals surface area contributed by atoms with Crippen LogP contribution in [0.4, 0.5) is 13.2 Å². The van der Waals surface area contributed by atoms with Crippen molar-refractivity contribution in [2.45, 2.75) is 13.1 Å². The van der Waals surface area contributed by atoms with Crippen LogP contribution in [0.2, 0.25) is 5.02 Å². The second kappa shape index (κ2) is 3.50. The molecule has 5 heteroatoms. The first-order valence-corrected chi connectivity index (χ1v) is 4.01. The lowest BCUT2D eigenvalue weighted by molar-refractivity contribution is -0.137. The van der Waals surface area contributed by atoms with Gasteiger partial charge >= 0.3 is 6.18 Å². The Balaban J connectivity index is 3.50. The summed E-state index contributed by atoms with van der Waals surface area (Å²) in [5.74, 6) is 0. The Morgan fingerprint density at radius 2 is 1.93 bits per heavy atom. The minimum Gasteiger partial charge on any atom is -0.192 e. The van der Waals surface area contributed by atoms with E-state index in [2.05, 4.69) is 0 Å². The van der Waals surface area contributed by atoms with Gasteiger partial charge in [0.15, 0.2) is 0 Å². The predicted molar refractivity (Wildman–Crippen MR) is 45.9 cm³/mol. The van der Waals surface area contributed by atoms with E-state index >= 15 is 0 Å². The van der Waals surface area contributed by atoms with Gasteiger partial charge in [-0.25, -0.2) is 0 Å². The quantitative estimate of drug-likeness (QED) is 0.655. The summed E-state index contributed by atoms with van der Waals surface area (Å²) < 4.78 is 37.2. The summed E-state index contributed by atoms with van der Waals surface area (Å²) >= 11 is 5.52. The third-order valence-electron chi connectivity index (χ3n) is 1.65. The number of aryl methyl sites for hydroxylation is 1. The zero-order chi connectivity index (χ0) is 10.9. The average molecular weight is 220 g/mol. The Labute approximate surface area is 83.7 Å². The van der Waals surface area contributed by atoms with Crippen molar-refractivity contribution < 1.29 is 13.2 Å². The molecule has 0 amide bonds. The Bertz CT molecular complexity index is 404. The molecule has 0 unspecified atom stereocenters. The number of hydrogen-bond acceptors (Lipinski definition) is 1. The minimum absolute atomic E-state index is 0.167. The van der Waals surface area contributed by atoms with Crippen LogP contribution in [-0.4, -0.2) is 0 Å². The number of alkyl halides is 3. The van der Waals surface area contributed by atoms with Crippen LogP contribution in [0.1, 0.15) is 16.7 Å². The molecule has 0 aromatic heterocycles. The third-order valence-corrected chi connectivity index (χ3v) is 1.95. The highest BCUT2D eigenvalue weighted by atomic mass is 35.5. The van der Waals surface area contributed by atoms with Gasteiger partial charge in [0, 0.05) is 0 Å². The summed E-state index contributed by atoms with van der Waals surface area (Å²) in [6.45, 7) is 1.49. The first-order valence-electron chi connectivity index (χ1n) is 3.63. The van der Waals surface area contributed by atoms with Gasteiger partial charge < -0.3 is 0 Å². The maximum absolute atomic E-state index is 12.4. The summed E-state index contributed by atoms with van der Waals surface area (Å²) in [4.78, 5) is 0. The highest BCUT2D eigenvalue weighted by Crippen LogP contribution is 2.35. The largest absolute Gasteiger partial charge is 0.417 e. The van der Waals surface area contributed by atoms with Gasteiger partial charge in [0.1, 0.15) is 6.07 Å². The van der Waals surface area contributed by atoms with Gasteiger partial charge in [-0.1, -0.05) is 11.6 Å². The number of halogens is 4. The molecule has 1 nitrogen and oxygen atoms in total. The molecule has 0 N–H and O–H groups in total. The maximum atomic E-state index is 12.4. The van der Waals surface area contributed by atoms with E-state index in [1.807, 2.05) is 0 Å². The lowest BCUT2D eigenvalue weighted by atomic mass is 10.1. The SMILES string of the molecule is Cc1cc(Cl)c(C#N)c(C(F)(F)F)c1. The monoisotopic (exact) mass is 219 g/mol. The van der Waals surface area contributed by atoms with Gasteiger partial charge in [-0.15, -0.1) is 0 Å². The van der Waals surface area contributed by atoms with Crippen LogP contribution < -0.4 is 0 Å². The van der Waals surface area contributed by atoms with Crippen LogP contribution in [0.15, 0.2) is 12.1 Å². The summed E-state index contributed by atoms with van der Waals surface area (Å²) in [6, 6.07) is 3.68. The zero-order valence-electron chi connectivity index (χ0n) is 7.11. The van der Waals surface area contributed by atoms with Crippen molar-refractivity contribution in [3.05, 3.63) is 33.8 Å². The molecule has 0 radical (unpaired) electrons. The van der Waals surface area contributed by atoms with Gasteiger partial charge in [-0.2, -0.15) is 18.4 Å². The molecule has 0 saturated heterocycles. The molecular weight excluding hydrogens is 215 g/mol. The summed E-state index contributed by atoms with van der Waals surface area (Å²) in [5, 5.41) is 8.35. The van der Waals surface area contributed by atoms with Crippen molar-refractivity contribution in [2.24, 2.45) is 0 Å². The van der Waals surface area contributed by atoms with Crippen molar-refractivity contribution in [1.82, 2.24) is 0 Å². The highest BCUT2D eigenvalue weighted by molar-refractivity contribution is 6.31. The van der Waals surface area contributed by atoms with E-state index < -0.39 is 17.3 Å². The van der Waals surface area contributed by atoms with Gasteiger partial charge in [0.2, 0.25) is 0 Å². The van der Waals surface area contributed by atoms with Crippen LogP contribution >= 0.6 is 11.6 Å². The fraction of sp³-hybridized carbons (Fsp3) is 0.222. The normalized spacial score (nSPS) is 11.1. The summed E-state index contributed by atoms with van der Waals surface area (Å²) in [7, 11) is 0. The molecule has 0 aliphatic rings. The van der Waals surface area contributed by atoms with E-state index in [-0.39, 0.29) is 5.02 Å². The van der Waals surface area contributed by atoms with E-state index in [9.17, 15) is 13.2 Å². The van der Waals surface area contributed by atoms with Gasteiger partial charge in [-0.3, -0.25) is 0 Å². The molecular formula is C9H5ClF3N. The minimum atomic E-state index is -4.54. The van der Waals surface area contributed by atoms with Crippen molar-refractivity contribution in [2.75, 3.05) is 0 Å². The summed E-state index contributed by atoms with van der Waals surface area (Å²) in [6.07, 6.45) is -4.54. The van der Waals surface area contributed by atoms with Crippen LogP contribution in [0.25, 0.3) is 0 Å². The lowest BCUT2D eigenvalue weighted by Gasteiger charge is -2.10.